The third-order valence-electron chi connectivity index (χ3n) is 7.61. The molecule has 0 unspecified atom stereocenters. The van der Waals surface area contributed by atoms with Gasteiger partial charge in [0.25, 0.3) is 11.4 Å². The van der Waals surface area contributed by atoms with Gasteiger partial charge in [-0.2, -0.15) is 12.1 Å². The molecule has 1 aliphatic rings. The Labute approximate surface area is 271 Å². The Kier molecular flexibility index (Phi) is 8.45. The van der Waals surface area contributed by atoms with Crippen LogP contribution in [0.15, 0.2) is 140 Å². The Morgan fingerprint density at radius 1 is 0.659 bits per heavy atom. The van der Waals surface area contributed by atoms with Gasteiger partial charge in [0, 0.05) is 67.6 Å². The zero-order valence-electron chi connectivity index (χ0n) is 24.5. The van der Waals surface area contributed by atoms with Gasteiger partial charge in [0.05, 0.1) is 0 Å². The Morgan fingerprint density at radius 3 is 2.09 bits per heavy atom. The molecule has 1 aliphatic heterocycles. The van der Waals surface area contributed by atoms with Gasteiger partial charge in [-0.25, -0.2) is 0 Å². The second-order valence-corrected chi connectivity index (χ2v) is 10.7. The maximum absolute atomic E-state index is 4.22. The van der Waals surface area contributed by atoms with E-state index in [1.807, 2.05) is 54.6 Å². The van der Waals surface area contributed by atoms with Crippen LogP contribution < -0.4 is 9.15 Å². The molecule has 5 aromatic carbocycles. The molecule has 0 amide bonds. The van der Waals surface area contributed by atoms with Gasteiger partial charge in [0.2, 0.25) is 5.69 Å². The number of rotatable bonds is 4. The van der Waals surface area contributed by atoms with E-state index in [9.17, 15) is 0 Å². The van der Waals surface area contributed by atoms with Crippen molar-refractivity contribution < 1.29 is 20.1 Å². The molecule has 5 heteroatoms. The van der Waals surface area contributed by atoms with E-state index in [1.165, 1.54) is 21.8 Å². The van der Waals surface area contributed by atoms with Crippen molar-refractivity contribution in [3.8, 4) is 11.3 Å². The van der Waals surface area contributed by atoms with E-state index in [0.29, 0.717) is 6.04 Å². The van der Waals surface area contributed by atoms with Crippen LogP contribution in [-0.2, 0) is 20.1 Å². The van der Waals surface area contributed by atoms with Gasteiger partial charge >= 0.3 is 6.01 Å². The number of aromatic nitrogens is 2. The summed E-state index contributed by atoms with van der Waals surface area (Å²) in [5, 5.41) is 2.52. The third-order valence-corrected chi connectivity index (χ3v) is 7.61. The Morgan fingerprint density at radius 2 is 1.36 bits per heavy atom. The van der Waals surface area contributed by atoms with Crippen LogP contribution >= 0.6 is 0 Å². The summed E-state index contributed by atoms with van der Waals surface area (Å²) in [6.45, 7) is 4.48. The smallest absolute Gasteiger partial charge is 0.386 e. The first kappa shape index (κ1) is 29.2. The number of benzene rings is 5. The Bertz CT molecular complexity index is 2090. The summed E-state index contributed by atoms with van der Waals surface area (Å²) < 4.78 is 6.71. The number of hydrogen-bond donors (Lipinski definition) is 0. The largest absolute Gasteiger partial charge is 0.501 e. The van der Waals surface area contributed by atoms with Crippen LogP contribution in [0.5, 0.6) is 0 Å². The van der Waals surface area contributed by atoms with Crippen molar-refractivity contribution in [1.29, 1.82) is 0 Å². The predicted octanol–water partition coefficient (Wildman–Crippen LogP) is 9.58. The van der Waals surface area contributed by atoms with Crippen LogP contribution in [0.4, 0.5) is 22.7 Å². The van der Waals surface area contributed by atoms with Gasteiger partial charge in [-0.3, -0.25) is 0 Å². The number of pyridine rings is 1. The van der Waals surface area contributed by atoms with E-state index in [-0.39, 0.29) is 20.1 Å². The summed E-state index contributed by atoms with van der Waals surface area (Å²) in [5.41, 5.74) is 8.79. The fraction of sp³-hybridized carbons (Fsp3) is 0.0769. The van der Waals surface area contributed by atoms with Gasteiger partial charge in [0.15, 0.2) is 0 Å². The number of fused-ring (bicyclic) bond motifs is 4. The molecule has 1 radical (unpaired) electrons. The van der Waals surface area contributed by atoms with Crippen molar-refractivity contribution in [2.75, 3.05) is 0 Å². The fourth-order valence-corrected chi connectivity index (χ4v) is 5.75. The first-order valence-corrected chi connectivity index (χ1v) is 14.5. The molecule has 8 rings (SSSR count). The third kappa shape index (κ3) is 5.34. The van der Waals surface area contributed by atoms with Gasteiger partial charge in [0.1, 0.15) is 5.69 Å². The molecule has 7 aromatic rings. The maximum Gasteiger partial charge on any atom is 0.501 e. The van der Waals surface area contributed by atoms with E-state index < -0.39 is 0 Å². The molecule has 2 aromatic heterocycles. The molecular weight excluding hydrogens is 717 g/mol. The van der Waals surface area contributed by atoms with Crippen LogP contribution in [0.2, 0.25) is 0 Å². The van der Waals surface area contributed by atoms with Crippen molar-refractivity contribution in [2.24, 2.45) is 0 Å². The molecular formula is C39H30IrN4. The molecule has 44 heavy (non-hydrogen) atoms. The summed E-state index contributed by atoms with van der Waals surface area (Å²) >= 11 is 0. The summed E-state index contributed by atoms with van der Waals surface area (Å²) in [4.78, 5) is 4.22. The zero-order chi connectivity index (χ0) is 29.2. The van der Waals surface area contributed by atoms with E-state index >= 15 is 0 Å². The van der Waals surface area contributed by atoms with Crippen molar-refractivity contribution in [2.45, 2.75) is 19.9 Å². The average molecular weight is 747 g/mol. The summed E-state index contributed by atoms with van der Waals surface area (Å²) in [6.07, 6.45) is 1.79. The average Bonchev–Trinajstić information content (AvgIpc) is 3.63. The first-order chi connectivity index (χ1) is 21.2. The fourth-order valence-electron chi connectivity index (χ4n) is 5.75. The molecule has 0 saturated carbocycles. The van der Waals surface area contributed by atoms with Crippen LogP contribution in [0.1, 0.15) is 19.9 Å². The summed E-state index contributed by atoms with van der Waals surface area (Å²) in [5.74, 6) is 0. The Balaban J connectivity index is 0.000000222. The normalized spacial score (nSPS) is 11.8. The van der Waals surface area contributed by atoms with Crippen LogP contribution in [0, 0.1) is 12.1 Å². The molecule has 4 nitrogen and oxygen atoms in total. The molecule has 0 aliphatic carbocycles. The summed E-state index contributed by atoms with van der Waals surface area (Å²) in [6, 6.07) is 56.0. The van der Waals surface area contributed by atoms with Crippen molar-refractivity contribution in [3.63, 3.8) is 0 Å². The molecule has 0 spiro atoms. The maximum atomic E-state index is 4.22. The van der Waals surface area contributed by atoms with E-state index in [0.717, 1.165) is 34.0 Å². The Hall–Kier alpha value is -4.92. The summed E-state index contributed by atoms with van der Waals surface area (Å²) in [7, 11) is 0. The number of para-hydroxylation sites is 4. The van der Waals surface area contributed by atoms with Gasteiger partial charge < -0.3 is 9.55 Å². The van der Waals surface area contributed by atoms with E-state index in [1.54, 1.807) is 6.20 Å². The zero-order valence-corrected chi connectivity index (χ0v) is 26.9. The number of hydrogen-bond acceptors (Lipinski definition) is 1. The molecule has 0 atom stereocenters. The van der Waals surface area contributed by atoms with Crippen LogP contribution in [0.25, 0.3) is 33.1 Å². The topological polar surface area (TPSA) is 23.8 Å². The van der Waals surface area contributed by atoms with Crippen LogP contribution in [-0.4, -0.2) is 15.6 Å². The van der Waals surface area contributed by atoms with Gasteiger partial charge in [-0.15, -0.1) is 42.0 Å². The number of nitrogens with zero attached hydrogens (tertiary/aromatic N) is 4. The van der Waals surface area contributed by atoms with Crippen molar-refractivity contribution >= 4 is 50.6 Å². The second-order valence-electron chi connectivity index (χ2n) is 10.7. The minimum Gasteiger partial charge on any atom is -0.386 e. The predicted molar refractivity (Wildman–Crippen MR) is 178 cm³/mol. The van der Waals surface area contributed by atoms with E-state index in [4.69, 9.17) is 0 Å². The van der Waals surface area contributed by atoms with Crippen molar-refractivity contribution in [3.05, 3.63) is 152 Å². The van der Waals surface area contributed by atoms with Crippen molar-refractivity contribution in [1.82, 2.24) is 18.7 Å². The molecule has 215 valence electrons. The van der Waals surface area contributed by atoms with Crippen LogP contribution in [0.3, 0.4) is 0 Å². The molecule has 3 heterocycles. The quantitative estimate of drug-likeness (QED) is 0.130. The molecule has 0 fully saturated rings. The molecule has 0 N–H and O–H groups in total. The second kappa shape index (κ2) is 12.8. The first-order valence-electron chi connectivity index (χ1n) is 14.5. The standard InChI is InChI=1S/C28H22N3.C11H8N.Ir/c1-20(2)31-24-15-7-6-13-22(24)23-14-10-18-27(28(23)31)30-19-29(21-11-4-3-5-12-21)25-16-8-9-17-26(25)30;1-2-6-10(7-3-1)11-8-4-5-9-12-11;/h3-17,20H,1-2H3;1-6,8-9H;/q+1;-1;. The van der Waals surface area contributed by atoms with E-state index in [2.05, 4.69) is 130 Å². The minimum absolute atomic E-state index is 0. The molecule has 0 saturated heterocycles. The molecule has 0 bridgehead atoms. The minimum atomic E-state index is 0. The monoisotopic (exact) mass is 747 g/mol. The van der Waals surface area contributed by atoms with Gasteiger partial charge in [-0.1, -0.05) is 70.6 Å². The SMILES string of the molecule is CC(C)n1c2ccccc2c2cc[c-]c([N+]3=C=[N+](c4ccccc4)c4ccccc43)c21.[Ir].[c-]1ccccc1-c1ccccn1. The van der Waals surface area contributed by atoms with Gasteiger partial charge in [-0.05, 0) is 41.6 Å².